The Kier molecular flexibility index (Phi) is 4.21. The highest BCUT2D eigenvalue weighted by Gasteiger charge is 2.18. The summed E-state index contributed by atoms with van der Waals surface area (Å²) in [6.45, 7) is 3.95. The van der Waals surface area contributed by atoms with Crippen LogP contribution in [0, 0.1) is 0 Å². The Hall–Kier alpha value is -1.04. The molecule has 0 amide bonds. The van der Waals surface area contributed by atoms with Gasteiger partial charge in [0.05, 0.1) is 6.54 Å². The minimum atomic E-state index is 0.663. The molecule has 0 radical (unpaired) electrons. The molecule has 1 aliphatic rings. The van der Waals surface area contributed by atoms with Gasteiger partial charge in [-0.15, -0.1) is 0 Å². The first-order chi connectivity index (χ1) is 7.88. The molecule has 1 unspecified atom stereocenters. The van der Waals surface area contributed by atoms with Crippen molar-refractivity contribution in [2.45, 2.75) is 31.4 Å². The van der Waals surface area contributed by atoms with Crippen molar-refractivity contribution in [2.24, 2.45) is 4.99 Å². The molecule has 5 nitrogen and oxygen atoms in total. The molecule has 88 valence electrons. The highest BCUT2D eigenvalue weighted by atomic mass is 32.2. The number of rotatable bonds is 5. The molecule has 0 saturated heterocycles. The molecule has 2 heterocycles. The van der Waals surface area contributed by atoms with Gasteiger partial charge < -0.3 is 9.84 Å². The Labute approximate surface area is 99.1 Å². The fourth-order valence-electron chi connectivity index (χ4n) is 1.57. The molecule has 1 aromatic rings. The van der Waals surface area contributed by atoms with Gasteiger partial charge in [0.1, 0.15) is 0 Å². The third kappa shape index (κ3) is 3.23. The van der Waals surface area contributed by atoms with Gasteiger partial charge >= 0.3 is 0 Å². The third-order valence-corrected chi connectivity index (χ3v) is 3.56. The molecule has 1 atom stereocenters. The molecule has 1 aliphatic heterocycles. The highest BCUT2D eigenvalue weighted by molar-refractivity contribution is 8.14. The first-order valence-corrected chi connectivity index (χ1v) is 6.47. The van der Waals surface area contributed by atoms with Gasteiger partial charge in [-0.25, -0.2) is 0 Å². The van der Waals surface area contributed by atoms with E-state index < -0.39 is 0 Å². The van der Waals surface area contributed by atoms with Crippen molar-refractivity contribution < 1.29 is 4.52 Å². The van der Waals surface area contributed by atoms with Gasteiger partial charge in [0.2, 0.25) is 5.89 Å². The predicted octanol–water partition coefficient (Wildman–Crippen LogP) is 1.47. The van der Waals surface area contributed by atoms with Crippen LogP contribution in [0.1, 0.15) is 25.7 Å². The van der Waals surface area contributed by atoms with Crippen LogP contribution in [0.3, 0.4) is 0 Å². The van der Waals surface area contributed by atoms with Crippen molar-refractivity contribution >= 4 is 16.9 Å². The molecule has 16 heavy (non-hydrogen) atoms. The van der Waals surface area contributed by atoms with Crippen molar-refractivity contribution in [3.05, 3.63) is 12.2 Å². The summed E-state index contributed by atoms with van der Waals surface area (Å²) in [4.78, 5) is 8.42. The number of amidine groups is 1. The first-order valence-electron chi connectivity index (χ1n) is 5.59. The van der Waals surface area contributed by atoms with E-state index in [4.69, 9.17) is 4.52 Å². The normalized spacial score (nSPS) is 19.8. The Morgan fingerprint density at radius 3 is 3.31 bits per heavy atom. The average molecular weight is 240 g/mol. The fourth-order valence-corrected chi connectivity index (χ4v) is 2.72. The number of nitrogens with zero attached hydrogens (tertiary/aromatic N) is 3. The summed E-state index contributed by atoms with van der Waals surface area (Å²) < 4.78 is 4.91. The molecule has 2 rings (SSSR count). The van der Waals surface area contributed by atoms with Gasteiger partial charge in [0, 0.05) is 18.2 Å². The second kappa shape index (κ2) is 5.89. The molecule has 0 fully saturated rings. The van der Waals surface area contributed by atoms with Crippen molar-refractivity contribution in [3.63, 3.8) is 0 Å². The molecule has 1 N–H and O–H groups in total. The first kappa shape index (κ1) is 11.4. The van der Waals surface area contributed by atoms with Crippen LogP contribution in [0.15, 0.2) is 15.8 Å². The molecule has 0 saturated carbocycles. The summed E-state index contributed by atoms with van der Waals surface area (Å²) in [5.74, 6) is 0.668. The average Bonchev–Trinajstić information content (AvgIpc) is 2.90. The van der Waals surface area contributed by atoms with E-state index in [1.165, 1.54) is 19.2 Å². The highest BCUT2D eigenvalue weighted by Crippen LogP contribution is 2.23. The van der Waals surface area contributed by atoms with Gasteiger partial charge in [-0.05, 0) is 6.42 Å². The Balaban J connectivity index is 1.64. The summed E-state index contributed by atoms with van der Waals surface area (Å²) in [5, 5.41) is 8.57. The lowest BCUT2D eigenvalue weighted by Crippen LogP contribution is -2.22. The fraction of sp³-hybridized carbons (Fsp3) is 0.700. The summed E-state index contributed by atoms with van der Waals surface area (Å²) >= 11 is 1.84. The zero-order chi connectivity index (χ0) is 11.2. The molecule has 1 aromatic heterocycles. The summed E-state index contributed by atoms with van der Waals surface area (Å²) in [6, 6.07) is 0. The number of thioether (sulfide) groups is 1. The number of aromatic nitrogens is 2. The largest absolute Gasteiger partial charge is 0.364 e. The van der Waals surface area contributed by atoms with E-state index in [-0.39, 0.29) is 0 Å². The maximum absolute atomic E-state index is 4.91. The molecular formula is C10H16N4OS. The van der Waals surface area contributed by atoms with Gasteiger partial charge in [0.15, 0.2) is 11.5 Å². The minimum Gasteiger partial charge on any atom is -0.364 e. The van der Waals surface area contributed by atoms with Crippen LogP contribution in [0.4, 0.5) is 0 Å². The van der Waals surface area contributed by atoms with Crippen LogP contribution in [0.2, 0.25) is 0 Å². The van der Waals surface area contributed by atoms with E-state index in [0.29, 0.717) is 11.1 Å². The smallest absolute Gasteiger partial charge is 0.228 e. The molecule has 0 spiro atoms. The predicted molar refractivity (Wildman–Crippen MR) is 64.6 cm³/mol. The molecule has 0 aliphatic carbocycles. The molecular weight excluding hydrogens is 224 g/mol. The van der Waals surface area contributed by atoms with E-state index in [0.717, 1.165) is 24.7 Å². The Bertz CT molecular complexity index is 339. The van der Waals surface area contributed by atoms with Crippen LogP contribution in [-0.4, -0.2) is 33.6 Å². The lowest BCUT2D eigenvalue weighted by atomic mass is 10.2. The molecule has 0 aromatic carbocycles. The van der Waals surface area contributed by atoms with Crippen LogP contribution in [0.25, 0.3) is 0 Å². The van der Waals surface area contributed by atoms with Crippen LogP contribution < -0.4 is 5.32 Å². The second-order valence-corrected chi connectivity index (χ2v) is 4.98. The van der Waals surface area contributed by atoms with Gasteiger partial charge in [-0.3, -0.25) is 4.99 Å². The quantitative estimate of drug-likeness (QED) is 0.844. The number of nitrogens with one attached hydrogen (secondary N) is 1. The maximum atomic E-state index is 4.91. The van der Waals surface area contributed by atoms with Gasteiger partial charge in [0.25, 0.3) is 0 Å². The van der Waals surface area contributed by atoms with E-state index in [9.17, 15) is 0 Å². The summed E-state index contributed by atoms with van der Waals surface area (Å²) in [5.41, 5.74) is 0. The number of aliphatic imine (C=N–C) groups is 1. The zero-order valence-electron chi connectivity index (χ0n) is 9.35. The molecule has 0 bridgehead atoms. The molecule has 6 heteroatoms. The van der Waals surface area contributed by atoms with Gasteiger partial charge in [-0.2, -0.15) is 4.98 Å². The SMILES string of the molecule is CCCC1CN=C(NCCc2ncno2)S1. The Morgan fingerprint density at radius 2 is 2.56 bits per heavy atom. The van der Waals surface area contributed by atoms with Crippen molar-refractivity contribution in [2.75, 3.05) is 13.1 Å². The Morgan fingerprint density at radius 1 is 1.62 bits per heavy atom. The van der Waals surface area contributed by atoms with E-state index in [1.54, 1.807) is 0 Å². The van der Waals surface area contributed by atoms with E-state index in [1.807, 2.05) is 11.8 Å². The van der Waals surface area contributed by atoms with E-state index >= 15 is 0 Å². The lowest BCUT2D eigenvalue weighted by Gasteiger charge is -2.06. The monoisotopic (exact) mass is 240 g/mol. The third-order valence-electron chi connectivity index (χ3n) is 2.35. The topological polar surface area (TPSA) is 63.3 Å². The van der Waals surface area contributed by atoms with Crippen molar-refractivity contribution in [3.8, 4) is 0 Å². The van der Waals surface area contributed by atoms with Gasteiger partial charge in [-0.1, -0.05) is 30.3 Å². The van der Waals surface area contributed by atoms with Crippen molar-refractivity contribution in [1.29, 1.82) is 0 Å². The van der Waals surface area contributed by atoms with E-state index in [2.05, 4.69) is 27.4 Å². The minimum absolute atomic E-state index is 0.663. The zero-order valence-corrected chi connectivity index (χ0v) is 10.2. The van der Waals surface area contributed by atoms with Crippen LogP contribution >= 0.6 is 11.8 Å². The summed E-state index contributed by atoms with van der Waals surface area (Å²) in [7, 11) is 0. The van der Waals surface area contributed by atoms with Crippen LogP contribution in [0.5, 0.6) is 0 Å². The summed E-state index contributed by atoms with van der Waals surface area (Å²) in [6.07, 6.45) is 4.64. The lowest BCUT2D eigenvalue weighted by molar-refractivity contribution is 0.377. The number of hydrogen-bond acceptors (Lipinski definition) is 6. The standard InChI is InChI=1S/C10H16N4OS/c1-2-3-8-6-12-10(16-8)11-5-4-9-13-7-14-15-9/h7-8H,2-6H2,1H3,(H,11,12). The van der Waals surface area contributed by atoms with Crippen LogP contribution in [-0.2, 0) is 6.42 Å². The number of hydrogen-bond donors (Lipinski definition) is 1. The maximum Gasteiger partial charge on any atom is 0.228 e. The van der Waals surface area contributed by atoms with Crippen molar-refractivity contribution in [1.82, 2.24) is 15.5 Å². The second-order valence-electron chi connectivity index (χ2n) is 3.69.